The molecule has 130 valence electrons. The van der Waals surface area contributed by atoms with E-state index in [9.17, 15) is 13.2 Å². The molecule has 6 nitrogen and oxygen atoms in total. The maximum Gasteiger partial charge on any atom is 0.251 e. The smallest absolute Gasteiger partial charge is 0.251 e. The molecular formula is C18H19N3O3S. The lowest BCUT2D eigenvalue weighted by atomic mass is 10.1. The highest BCUT2D eigenvalue weighted by Crippen LogP contribution is 2.17. The highest BCUT2D eigenvalue weighted by atomic mass is 32.2. The quantitative estimate of drug-likeness (QED) is 0.630. The van der Waals surface area contributed by atoms with E-state index >= 15 is 0 Å². The summed E-state index contributed by atoms with van der Waals surface area (Å²) in [4.78, 5) is 15.5. The SMILES string of the molecule is CNS(=O)(=O)c1ccc(C(=O)NCCc2c[nH]c3ccccc23)cc1. The van der Waals surface area contributed by atoms with Crippen LogP contribution < -0.4 is 10.0 Å². The number of nitrogens with one attached hydrogen (secondary N) is 3. The van der Waals surface area contributed by atoms with E-state index in [0.29, 0.717) is 18.5 Å². The number of fused-ring (bicyclic) bond motifs is 1. The predicted molar refractivity (Wildman–Crippen MR) is 97.0 cm³/mol. The molecule has 3 aromatic rings. The molecular weight excluding hydrogens is 338 g/mol. The summed E-state index contributed by atoms with van der Waals surface area (Å²) in [5.41, 5.74) is 2.64. The fourth-order valence-corrected chi connectivity index (χ4v) is 3.38. The molecule has 0 saturated heterocycles. The van der Waals surface area contributed by atoms with Crippen molar-refractivity contribution in [2.75, 3.05) is 13.6 Å². The van der Waals surface area contributed by atoms with Gasteiger partial charge in [0.2, 0.25) is 10.0 Å². The van der Waals surface area contributed by atoms with Gasteiger partial charge in [-0.3, -0.25) is 4.79 Å². The molecule has 1 aromatic heterocycles. The van der Waals surface area contributed by atoms with E-state index in [2.05, 4.69) is 15.0 Å². The molecule has 0 aliphatic rings. The Labute approximate surface area is 146 Å². The summed E-state index contributed by atoms with van der Waals surface area (Å²) in [7, 11) is -2.15. The van der Waals surface area contributed by atoms with Crippen molar-refractivity contribution >= 4 is 26.8 Å². The number of carbonyl (C=O) groups is 1. The largest absolute Gasteiger partial charge is 0.361 e. The van der Waals surface area contributed by atoms with E-state index in [1.165, 1.54) is 31.3 Å². The second-order valence-corrected chi connectivity index (χ2v) is 7.48. The maximum absolute atomic E-state index is 12.2. The first-order valence-electron chi connectivity index (χ1n) is 7.88. The molecule has 25 heavy (non-hydrogen) atoms. The summed E-state index contributed by atoms with van der Waals surface area (Å²) in [6.07, 6.45) is 2.66. The summed E-state index contributed by atoms with van der Waals surface area (Å²) >= 11 is 0. The van der Waals surface area contributed by atoms with E-state index in [1.807, 2.05) is 30.5 Å². The van der Waals surface area contributed by atoms with Gasteiger partial charge in [0.05, 0.1) is 4.90 Å². The van der Waals surface area contributed by atoms with Gasteiger partial charge >= 0.3 is 0 Å². The molecule has 3 rings (SSSR count). The number of H-pyrrole nitrogens is 1. The first-order chi connectivity index (χ1) is 12.0. The number of rotatable bonds is 6. The third kappa shape index (κ3) is 3.72. The Hall–Kier alpha value is -2.64. The number of hydrogen-bond acceptors (Lipinski definition) is 3. The predicted octanol–water partition coefficient (Wildman–Crippen LogP) is 2.05. The first-order valence-corrected chi connectivity index (χ1v) is 9.36. The molecule has 0 radical (unpaired) electrons. The molecule has 0 aliphatic carbocycles. The van der Waals surface area contributed by atoms with Crippen LogP contribution in [0.15, 0.2) is 59.6 Å². The molecule has 1 heterocycles. The van der Waals surface area contributed by atoms with E-state index in [4.69, 9.17) is 0 Å². The van der Waals surface area contributed by atoms with E-state index < -0.39 is 10.0 Å². The summed E-state index contributed by atoms with van der Waals surface area (Å²) in [5, 5.41) is 4.01. The van der Waals surface area contributed by atoms with Crippen molar-refractivity contribution in [1.29, 1.82) is 0 Å². The molecule has 0 atom stereocenters. The molecule has 2 aromatic carbocycles. The highest BCUT2D eigenvalue weighted by molar-refractivity contribution is 7.89. The molecule has 0 bridgehead atoms. The van der Waals surface area contributed by atoms with E-state index in [1.54, 1.807) is 0 Å². The van der Waals surface area contributed by atoms with Crippen LogP contribution in [0.1, 0.15) is 15.9 Å². The summed E-state index contributed by atoms with van der Waals surface area (Å²) < 4.78 is 25.6. The van der Waals surface area contributed by atoms with Crippen molar-refractivity contribution in [1.82, 2.24) is 15.0 Å². The van der Waals surface area contributed by atoms with E-state index in [0.717, 1.165) is 16.5 Å². The van der Waals surface area contributed by atoms with Crippen molar-refractivity contribution in [2.24, 2.45) is 0 Å². The maximum atomic E-state index is 12.2. The molecule has 0 aliphatic heterocycles. The van der Waals surface area contributed by atoms with Crippen molar-refractivity contribution in [3.63, 3.8) is 0 Å². The van der Waals surface area contributed by atoms with E-state index in [-0.39, 0.29) is 10.8 Å². The van der Waals surface area contributed by atoms with Crippen molar-refractivity contribution in [3.8, 4) is 0 Å². The molecule has 7 heteroatoms. The van der Waals surface area contributed by atoms with Gasteiger partial charge in [-0.05, 0) is 49.4 Å². The summed E-state index contributed by atoms with van der Waals surface area (Å²) in [6, 6.07) is 13.9. The van der Waals surface area contributed by atoms with Gasteiger partial charge in [0.1, 0.15) is 0 Å². The minimum atomic E-state index is -3.49. The van der Waals surface area contributed by atoms with Gasteiger partial charge in [-0.1, -0.05) is 18.2 Å². The summed E-state index contributed by atoms with van der Waals surface area (Å²) in [5.74, 6) is -0.228. The van der Waals surface area contributed by atoms with Crippen LogP contribution in [-0.2, 0) is 16.4 Å². The van der Waals surface area contributed by atoms with Crippen LogP contribution in [0, 0.1) is 0 Å². The average Bonchev–Trinajstić information content (AvgIpc) is 3.05. The zero-order valence-corrected chi connectivity index (χ0v) is 14.6. The van der Waals surface area contributed by atoms with Crippen LogP contribution in [0.5, 0.6) is 0 Å². The van der Waals surface area contributed by atoms with Crippen molar-refractivity contribution in [2.45, 2.75) is 11.3 Å². The van der Waals surface area contributed by atoms with Crippen LogP contribution in [0.3, 0.4) is 0 Å². The standard InChI is InChI=1S/C18H19N3O3S/c1-19-25(23,24)15-8-6-13(7-9-15)18(22)20-11-10-14-12-21-17-5-3-2-4-16(14)17/h2-9,12,19,21H,10-11H2,1H3,(H,20,22). The number of para-hydroxylation sites is 1. The van der Waals surface area contributed by atoms with Gasteiger partial charge < -0.3 is 10.3 Å². The first kappa shape index (κ1) is 17.2. The number of carbonyl (C=O) groups excluding carboxylic acids is 1. The van der Waals surface area contributed by atoms with Crippen LogP contribution in [0.4, 0.5) is 0 Å². The fourth-order valence-electron chi connectivity index (χ4n) is 2.65. The second kappa shape index (κ2) is 7.08. The monoisotopic (exact) mass is 357 g/mol. The second-order valence-electron chi connectivity index (χ2n) is 5.60. The lowest BCUT2D eigenvalue weighted by Gasteiger charge is -2.06. The van der Waals surface area contributed by atoms with Crippen LogP contribution in [-0.4, -0.2) is 32.9 Å². The van der Waals surface area contributed by atoms with Crippen LogP contribution >= 0.6 is 0 Å². The molecule has 0 fully saturated rings. The molecule has 3 N–H and O–H groups in total. The average molecular weight is 357 g/mol. The van der Waals surface area contributed by atoms with Gasteiger partial charge in [-0.25, -0.2) is 13.1 Å². The number of benzene rings is 2. The molecule has 0 unspecified atom stereocenters. The third-order valence-corrected chi connectivity index (χ3v) is 5.48. The van der Waals surface area contributed by atoms with Gasteiger partial charge in [0, 0.05) is 29.2 Å². The summed E-state index contributed by atoms with van der Waals surface area (Å²) in [6.45, 7) is 0.497. The zero-order chi connectivity index (χ0) is 17.9. The zero-order valence-electron chi connectivity index (χ0n) is 13.7. The Morgan fingerprint density at radius 1 is 1.08 bits per heavy atom. The minimum Gasteiger partial charge on any atom is -0.361 e. The number of aromatic amines is 1. The number of aromatic nitrogens is 1. The topological polar surface area (TPSA) is 91.1 Å². The van der Waals surface area contributed by atoms with Crippen LogP contribution in [0.25, 0.3) is 10.9 Å². The van der Waals surface area contributed by atoms with Gasteiger partial charge in [-0.2, -0.15) is 0 Å². The highest BCUT2D eigenvalue weighted by Gasteiger charge is 2.12. The molecule has 1 amide bonds. The van der Waals surface area contributed by atoms with Gasteiger partial charge in [0.25, 0.3) is 5.91 Å². The van der Waals surface area contributed by atoms with Crippen LogP contribution in [0.2, 0.25) is 0 Å². The lowest BCUT2D eigenvalue weighted by Crippen LogP contribution is -2.25. The Morgan fingerprint density at radius 2 is 1.80 bits per heavy atom. The fraction of sp³-hybridized carbons (Fsp3) is 0.167. The normalized spacial score (nSPS) is 11.6. The number of sulfonamides is 1. The lowest BCUT2D eigenvalue weighted by molar-refractivity contribution is 0.0954. The van der Waals surface area contributed by atoms with Gasteiger partial charge in [0.15, 0.2) is 0 Å². The minimum absolute atomic E-state index is 0.130. The Kier molecular flexibility index (Phi) is 4.87. The Balaban J connectivity index is 1.61. The molecule has 0 spiro atoms. The number of amides is 1. The van der Waals surface area contributed by atoms with Gasteiger partial charge in [-0.15, -0.1) is 0 Å². The molecule has 0 saturated carbocycles. The Bertz CT molecular complexity index is 992. The Morgan fingerprint density at radius 3 is 2.52 bits per heavy atom. The van der Waals surface area contributed by atoms with Crippen molar-refractivity contribution < 1.29 is 13.2 Å². The van der Waals surface area contributed by atoms with Crippen molar-refractivity contribution in [3.05, 3.63) is 65.9 Å². The third-order valence-electron chi connectivity index (χ3n) is 4.05. The number of hydrogen-bond donors (Lipinski definition) is 3.